The predicted octanol–water partition coefficient (Wildman–Crippen LogP) is 4.84. The fourth-order valence-electron chi connectivity index (χ4n) is 4.48. The third-order valence-corrected chi connectivity index (χ3v) is 7.55. The van der Waals surface area contributed by atoms with Crippen LogP contribution in [0, 0.1) is 10.8 Å². The minimum Gasteiger partial charge on any atom is -0.396 e. The van der Waals surface area contributed by atoms with Gasteiger partial charge in [0.2, 0.25) is 5.91 Å². The van der Waals surface area contributed by atoms with Gasteiger partial charge >= 0.3 is 6.03 Å². The topological polar surface area (TPSA) is 70.1 Å². The summed E-state index contributed by atoms with van der Waals surface area (Å²) < 4.78 is 5.83. The molecule has 0 aromatic rings. The first-order valence-corrected chi connectivity index (χ1v) is 12.1. The maximum Gasteiger partial charge on any atom is 0.326 e. The van der Waals surface area contributed by atoms with Crippen molar-refractivity contribution in [3.8, 4) is 0 Å². The van der Waals surface area contributed by atoms with E-state index in [0.29, 0.717) is 6.54 Å². The molecule has 176 valence electrons. The van der Waals surface area contributed by atoms with Gasteiger partial charge < -0.3 is 14.7 Å². The molecule has 6 heteroatoms. The number of rotatable bonds is 17. The quantitative estimate of drug-likeness (QED) is 0.267. The Kier molecular flexibility index (Phi) is 11.9. The van der Waals surface area contributed by atoms with Crippen LogP contribution in [0.3, 0.4) is 0 Å². The average molecular weight is 427 g/mol. The van der Waals surface area contributed by atoms with Gasteiger partial charge in [-0.2, -0.15) is 0 Å². The summed E-state index contributed by atoms with van der Waals surface area (Å²) >= 11 is 0. The Bertz CT molecular complexity index is 507. The molecular weight excluding hydrogens is 380 g/mol. The van der Waals surface area contributed by atoms with Gasteiger partial charge in [0.15, 0.2) is 0 Å². The number of amides is 3. The van der Waals surface area contributed by atoms with Gasteiger partial charge in [-0.05, 0) is 62.2 Å². The average Bonchev–Trinajstić information content (AvgIpc) is 3.00. The summed E-state index contributed by atoms with van der Waals surface area (Å²) in [5.41, 5.74) is 0.0982. The molecule has 0 aromatic heterocycles. The van der Waals surface area contributed by atoms with Crippen LogP contribution in [0.2, 0.25) is 0 Å². The standard InChI is InChI=1S/C24H46N2O4/c1-6-23(7-2,19-26-21(28)18-25(5)22(26)29)14-10-12-16-30-17-13-11-15-24(8-3,9-4)20-27/h27H,6-20H2,1-5H3. The molecule has 1 rings (SSSR count). The molecule has 1 fully saturated rings. The van der Waals surface area contributed by atoms with Gasteiger partial charge in [-0.15, -0.1) is 0 Å². The lowest BCUT2D eigenvalue weighted by Gasteiger charge is -2.35. The lowest BCUT2D eigenvalue weighted by Crippen LogP contribution is -2.41. The van der Waals surface area contributed by atoms with Crippen LogP contribution < -0.4 is 0 Å². The van der Waals surface area contributed by atoms with E-state index in [4.69, 9.17) is 4.74 Å². The van der Waals surface area contributed by atoms with E-state index < -0.39 is 0 Å². The minimum absolute atomic E-state index is 0.00440. The van der Waals surface area contributed by atoms with Crippen molar-refractivity contribution >= 4 is 11.9 Å². The Labute approximate surface area is 184 Å². The second-order valence-corrected chi connectivity index (χ2v) is 9.22. The maximum atomic E-state index is 12.2. The number of carbonyl (C=O) groups is 2. The van der Waals surface area contributed by atoms with Crippen LogP contribution in [0.25, 0.3) is 0 Å². The molecule has 1 aliphatic rings. The Hall–Kier alpha value is -1.14. The van der Waals surface area contributed by atoms with Crippen molar-refractivity contribution in [1.29, 1.82) is 0 Å². The van der Waals surface area contributed by atoms with E-state index in [1.165, 1.54) is 9.80 Å². The van der Waals surface area contributed by atoms with Gasteiger partial charge in [0, 0.05) is 33.4 Å². The number of unbranched alkanes of at least 4 members (excludes halogenated alkanes) is 2. The number of imide groups is 1. The Morgan fingerprint density at radius 2 is 1.37 bits per heavy atom. The molecular formula is C24H46N2O4. The highest BCUT2D eigenvalue weighted by Gasteiger charge is 2.39. The zero-order chi connectivity index (χ0) is 22.6. The van der Waals surface area contributed by atoms with E-state index in [0.717, 1.165) is 77.4 Å². The molecule has 1 saturated heterocycles. The van der Waals surface area contributed by atoms with Crippen LogP contribution in [-0.2, 0) is 9.53 Å². The zero-order valence-corrected chi connectivity index (χ0v) is 20.2. The largest absolute Gasteiger partial charge is 0.396 e. The number of nitrogens with zero attached hydrogens (tertiary/aromatic N) is 2. The first-order chi connectivity index (χ1) is 14.3. The fourth-order valence-corrected chi connectivity index (χ4v) is 4.48. The lowest BCUT2D eigenvalue weighted by molar-refractivity contribution is -0.126. The van der Waals surface area contributed by atoms with Gasteiger partial charge in [-0.3, -0.25) is 9.69 Å². The highest BCUT2D eigenvalue weighted by Crippen LogP contribution is 2.35. The van der Waals surface area contributed by atoms with Crippen LogP contribution in [0.15, 0.2) is 0 Å². The Morgan fingerprint density at radius 3 is 1.77 bits per heavy atom. The zero-order valence-electron chi connectivity index (χ0n) is 20.2. The number of aliphatic hydroxyl groups is 1. The van der Waals surface area contributed by atoms with E-state index >= 15 is 0 Å². The van der Waals surface area contributed by atoms with E-state index in [2.05, 4.69) is 27.7 Å². The molecule has 0 saturated carbocycles. The smallest absolute Gasteiger partial charge is 0.326 e. The number of hydrogen-bond acceptors (Lipinski definition) is 4. The number of hydrogen-bond donors (Lipinski definition) is 1. The van der Waals surface area contributed by atoms with Crippen LogP contribution in [0.5, 0.6) is 0 Å². The molecule has 0 atom stereocenters. The van der Waals surface area contributed by atoms with Gasteiger partial charge in [-0.1, -0.05) is 40.5 Å². The molecule has 0 aliphatic carbocycles. The van der Waals surface area contributed by atoms with Gasteiger partial charge in [0.1, 0.15) is 6.54 Å². The minimum atomic E-state index is -0.161. The van der Waals surface area contributed by atoms with Crippen molar-refractivity contribution in [1.82, 2.24) is 9.80 Å². The monoisotopic (exact) mass is 426 g/mol. The normalized spacial score (nSPS) is 15.5. The molecule has 30 heavy (non-hydrogen) atoms. The predicted molar refractivity (Wildman–Crippen MR) is 121 cm³/mol. The van der Waals surface area contributed by atoms with Crippen molar-refractivity contribution in [2.45, 2.75) is 91.9 Å². The first-order valence-electron chi connectivity index (χ1n) is 12.1. The molecule has 0 aromatic carbocycles. The summed E-state index contributed by atoms with van der Waals surface area (Å²) in [6.45, 7) is 11.2. The highest BCUT2D eigenvalue weighted by atomic mass is 16.5. The maximum absolute atomic E-state index is 12.2. The number of likely N-dealkylation sites (N-methyl/N-ethyl adjacent to an activating group) is 1. The van der Waals surface area contributed by atoms with E-state index in [-0.39, 0.29) is 35.9 Å². The van der Waals surface area contributed by atoms with Crippen molar-refractivity contribution in [2.75, 3.05) is 40.0 Å². The second kappa shape index (κ2) is 13.3. The number of aliphatic hydroxyl groups excluding tert-OH is 1. The lowest BCUT2D eigenvalue weighted by atomic mass is 9.77. The van der Waals surface area contributed by atoms with Crippen molar-refractivity contribution in [2.24, 2.45) is 10.8 Å². The molecule has 0 spiro atoms. The number of carbonyl (C=O) groups excluding carboxylic acids is 2. The van der Waals surface area contributed by atoms with Crippen LogP contribution in [-0.4, -0.2) is 66.8 Å². The summed E-state index contributed by atoms with van der Waals surface area (Å²) in [5, 5.41) is 9.64. The van der Waals surface area contributed by atoms with Crippen molar-refractivity contribution < 1.29 is 19.4 Å². The van der Waals surface area contributed by atoms with Crippen LogP contribution >= 0.6 is 0 Å². The number of urea groups is 1. The van der Waals surface area contributed by atoms with Crippen molar-refractivity contribution in [3.63, 3.8) is 0 Å². The summed E-state index contributed by atoms with van der Waals surface area (Å²) in [6, 6.07) is -0.161. The molecule has 0 bridgehead atoms. The summed E-state index contributed by atoms with van der Waals surface area (Å²) in [4.78, 5) is 27.3. The summed E-state index contributed by atoms with van der Waals surface area (Å²) in [7, 11) is 1.69. The van der Waals surface area contributed by atoms with Crippen LogP contribution in [0.1, 0.15) is 91.9 Å². The summed E-state index contributed by atoms with van der Waals surface area (Å²) in [6.07, 6.45) is 10.3. The Balaban J connectivity index is 2.27. The molecule has 3 amide bonds. The molecule has 1 aliphatic heterocycles. The molecule has 1 heterocycles. The van der Waals surface area contributed by atoms with Gasteiger partial charge in [0.05, 0.1) is 0 Å². The first kappa shape index (κ1) is 26.9. The SMILES string of the molecule is CCC(CC)(CO)CCCCOCCCCC(CC)(CC)CN1C(=O)CN(C)C1=O. The Morgan fingerprint density at radius 1 is 0.867 bits per heavy atom. The highest BCUT2D eigenvalue weighted by molar-refractivity contribution is 6.01. The van der Waals surface area contributed by atoms with E-state index in [1.54, 1.807) is 7.05 Å². The summed E-state index contributed by atoms with van der Waals surface area (Å²) in [5.74, 6) is -0.0755. The van der Waals surface area contributed by atoms with Gasteiger partial charge in [0.25, 0.3) is 0 Å². The molecule has 0 unspecified atom stereocenters. The number of ether oxygens (including phenoxy) is 1. The molecule has 1 N–H and O–H groups in total. The van der Waals surface area contributed by atoms with Gasteiger partial charge in [-0.25, -0.2) is 4.79 Å². The van der Waals surface area contributed by atoms with Crippen LogP contribution in [0.4, 0.5) is 4.79 Å². The van der Waals surface area contributed by atoms with E-state index in [1.807, 2.05) is 0 Å². The second-order valence-electron chi connectivity index (χ2n) is 9.22. The molecule has 0 radical (unpaired) electrons. The third kappa shape index (κ3) is 7.52. The van der Waals surface area contributed by atoms with Crippen molar-refractivity contribution in [3.05, 3.63) is 0 Å². The molecule has 6 nitrogen and oxygen atoms in total. The third-order valence-electron chi connectivity index (χ3n) is 7.55. The van der Waals surface area contributed by atoms with E-state index in [9.17, 15) is 14.7 Å². The fraction of sp³-hybridized carbons (Fsp3) is 0.917.